The number of para-hydroxylation sites is 1. The minimum Gasteiger partial charge on any atom is -0.312 e. The molecule has 36 heavy (non-hydrogen) atoms. The zero-order chi connectivity index (χ0) is 24.8. The highest BCUT2D eigenvalue weighted by Crippen LogP contribution is 2.23. The van der Waals surface area contributed by atoms with Crippen molar-refractivity contribution in [1.82, 2.24) is 20.0 Å². The van der Waals surface area contributed by atoms with Crippen LogP contribution in [0.2, 0.25) is 0 Å². The Bertz CT molecular complexity index is 1630. The molecule has 0 saturated carbocycles. The number of nitrogens with one attached hydrogen (secondary N) is 2. The first-order valence-corrected chi connectivity index (χ1v) is 13.2. The number of benzene rings is 3. The van der Waals surface area contributed by atoms with Gasteiger partial charge in [0.05, 0.1) is 10.4 Å². The Morgan fingerprint density at radius 2 is 1.64 bits per heavy atom. The molecule has 2 heterocycles. The summed E-state index contributed by atoms with van der Waals surface area (Å²) in [6.07, 6.45) is 9.24. The van der Waals surface area contributed by atoms with E-state index >= 15 is 0 Å². The van der Waals surface area contributed by atoms with Crippen molar-refractivity contribution >= 4 is 37.8 Å². The summed E-state index contributed by atoms with van der Waals surface area (Å²) in [5.41, 5.74) is 4.31. The Morgan fingerprint density at radius 3 is 2.53 bits per heavy atom. The minimum atomic E-state index is -3.60. The first-order valence-electron chi connectivity index (χ1n) is 11.8. The zero-order valence-corrected chi connectivity index (χ0v) is 20.4. The van der Waals surface area contributed by atoms with Crippen LogP contribution in [0.25, 0.3) is 38.9 Å². The van der Waals surface area contributed by atoms with E-state index in [1.807, 2.05) is 42.6 Å². The number of rotatable bonds is 9. The van der Waals surface area contributed by atoms with E-state index < -0.39 is 10.0 Å². The molecule has 0 bridgehead atoms. The highest BCUT2D eigenvalue weighted by Gasteiger charge is 2.16. The summed E-state index contributed by atoms with van der Waals surface area (Å²) < 4.78 is 28.1. The van der Waals surface area contributed by atoms with Crippen LogP contribution in [0.15, 0.2) is 108 Å². The van der Waals surface area contributed by atoms with E-state index in [-0.39, 0.29) is 4.90 Å². The molecular formula is C29H26N4O2S. The van der Waals surface area contributed by atoms with Crippen LogP contribution >= 0.6 is 0 Å². The molecule has 0 saturated heterocycles. The molecule has 0 radical (unpaired) electrons. The van der Waals surface area contributed by atoms with Gasteiger partial charge in [0.1, 0.15) is 0 Å². The number of fused-ring (bicyclic) bond motifs is 2. The number of hydrogen-bond acceptors (Lipinski definition) is 5. The lowest BCUT2D eigenvalue weighted by atomic mass is 10.0. The van der Waals surface area contributed by atoms with E-state index in [4.69, 9.17) is 0 Å². The lowest BCUT2D eigenvalue weighted by Gasteiger charge is -2.09. The smallest absolute Gasteiger partial charge is 0.241 e. The fourth-order valence-corrected chi connectivity index (χ4v) is 5.33. The predicted octanol–water partition coefficient (Wildman–Crippen LogP) is 5.03. The van der Waals surface area contributed by atoms with Crippen molar-refractivity contribution in [3.05, 3.63) is 109 Å². The second kappa shape index (κ2) is 10.8. The topological polar surface area (TPSA) is 84.0 Å². The minimum absolute atomic E-state index is 0.269. The molecule has 5 aromatic rings. The van der Waals surface area contributed by atoms with E-state index in [9.17, 15) is 8.42 Å². The van der Waals surface area contributed by atoms with Crippen molar-refractivity contribution in [2.24, 2.45) is 0 Å². The third-order valence-corrected chi connectivity index (χ3v) is 7.45. The second-order valence-electron chi connectivity index (χ2n) is 8.40. The van der Waals surface area contributed by atoms with Crippen LogP contribution in [0.5, 0.6) is 0 Å². The van der Waals surface area contributed by atoms with Gasteiger partial charge in [0.15, 0.2) is 0 Å². The third kappa shape index (κ3) is 5.49. The summed E-state index contributed by atoms with van der Waals surface area (Å²) in [6.45, 7) is 1.45. The number of pyridine rings is 2. The fourth-order valence-electron chi connectivity index (χ4n) is 4.07. The molecule has 0 aliphatic carbocycles. The molecule has 3 aromatic carbocycles. The Balaban J connectivity index is 1.10. The Kier molecular flexibility index (Phi) is 7.13. The first kappa shape index (κ1) is 23.8. The van der Waals surface area contributed by atoms with Gasteiger partial charge in [0.2, 0.25) is 10.0 Å². The fraction of sp³-hybridized carbons (Fsp3) is 0.103. The molecule has 0 unspecified atom stereocenters. The van der Waals surface area contributed by atoms with Gasteiger partial charge in [-0.25, -0.2) is 13.1 Å². The average Bonchev–Trinajstić information content (AvgIpc) is 2.92. The monoisotopic (exact) mass is 494 g/mol. The third-order valence-electron chi connectivity index (χ3n) is 5.93. The van der Waals surface area contributed by atoms with Gasteiger partial charge in [-0.05, 0) is 35.4 Å². The maximum atomic E-state index is 12.7. The van der Waals surface area contributed by atoms with Crippen LogP contribution < -0.4 is 10.0 Å². The molecule has 180 valence electrons. The van der Waals surface area contributed by atoms with Crippen molar-refractivity contribution in [3.63, 3.8) is 0 Å². The second-order valence-corrected chi connectivity index (χ2v) is 10.1. The molecule has 6 nitrogen and oxygen atoms in total. The zero-order valence-electron chi connectivity index (χ0n) is 19.6. The van der Waals surface area contributed by atoms with E-state index in [1.165, 1.54) is 0 Å². The van der Waals surface area contributed by atoms with Gasteiger partial charge < -0.3 is 5.32 Å². The van der Waals surface area contributed by atoms with E-state index in [0.29, 0.717) is 25.0 Å². The van der Waals surface area contributed by atoms with Gasteiger partial charge in [-0.3, -0.25) is 9.97 Å². The summed E-state index contributed by atoms with van der Waals surface area (Å²) in [5.74, 6) is 0. The van der Waals surface area contributed by atoms with Crippen LogP contribution in [0.3, 0.4) is 0 Å². The molecule has 2 aromatic heterocycles. The molecule has 0 atom stereocenters. The Hall–Kier alpha value is -3.91. The summed E-state index contributed by atoms with van der Waals surface area (Å²) in [7, 11) is -3.60. The molecule has 0 spiro atoms. The van der Waals surface area contributed by atoms with Gasteiger partial charge in [-0.1, -0.05) is 66.7 Å². The molecule has 5 rings (SSSR count). The van der Waals surface area contributed by atoms with Crippen LogP contribution in [-0.4, -0.2) is 38.0 Å². The lowest BCUT2D eigenvalue weighted by molar-refractivity contribution is 0.579. The van der Waals surface area contributed by atoms with Gasteiger partial charge in [0, 0.05) is 59.9 Å². The first-order chi connectivity index (χ1) is 17.6. The largest absolute Gasteiger partial charge is 0.312 e. The highest BCUT2D eigenvalue weighted by atomic mass is 32.2. The molecule has 0 amide bonds. The number of hydrogen-bond donors (Lipinski definition) is 2. The van der Waals surface area contributed by atoms with E-state index in [1.54, 1.807) is 30.6 Å². The normalized spacial score (nSPS) is 12.0. The highest BCUT2D eigenvalue weighted by molar-refractivity contribution is 7.89. The van der Waals surface area contributed by atoms with Gasteiger partial charge in [-0.15, -0.1) is 0 Å². The summed E-state index contributed by atoms with van der Waals surface area (Å²) in [6, 6.07) is 25.5. The molecule has 7 heteroatoms. The molecular weight excluding hydrogens is 468 g/mol. The number of sulfonamides is 1. The molecule has 0 aliphatic heterocycles. The maximum Gasteiger partial charge on any atom is 0.241 e. The van der Waals surface area contributed by atoms with Crippen LogP contribution in [0.4, 0.5) is 0 Å². The van der Waals surface area contributed by atoms with Crippen LogP contribution in [0.1, 0.15) is 5.56 Å². The lowest BCUT2D eigenvalue weighted by Crippen LogP contribution is -2.32. The van der Waals surface area contributed by atoms with Crippen molar-refractivity contribution in [1.29, 1.82) is 0 Å². The number of nitrogens with zero attached hydrogens (tertiary/aromatic N) is 2. The maximum absolute atomic E-state index is 12.7. The Labute approximate surface area is 210 Å². The van der Waals surface area contributed by atoms with Crippen molar-refractivity contribution in [3.8, 4) is 11.1 Å². The van der Waals surface area contributed by atoms with Gasteiger partial charge >= 0.3 is 0 Å². The molecule has 0 fully saturated rings. The molecule has 2 N–H and O–H groups in total. The Morgan fingerprint density at radius 1 is 0.806 bits per heavy atom. The molecule has 0 aliphatic rings. The number of aromatic nitrogens is 2. The van der Waals surface area contributed by atoms with Crippen LogP contribution in [0, 0.1) is 0 Å². The van der Waals surface area contributed by atoms with Crippen LogP contribution in [-0.2, 0) is 10.0 Å². The van der Waals surface area contributed by atoms with Crippen molar-refractivity contribution in [2.75, 3.05) is 19.6 Å². The summed E-state index contributed by atoms with van der Waals surface area (Å²) >= 11 is 0. The summed E-state index contributed by atoms with van der Waals surface area (Å²) in [5, 5.41) is 5.83. The van der Waals surface area contributed by atoms with E-state index in [0.717, 1.165) is 33.0 Å². The average molecular weight is 495 g/mol. The van der Waals surface area contributed by atoms with Crippen molar-refractivity contribution < 1.29 is 8.42 Å². The summed E-state index contributed by atoms with van der Waals surface area (Å²) in [4.78, 5) is 8.87. The predicted molar refractivity (Wildman–Crippen MR) is 146 cm³/mol. The van der Waals surface area contributed by atoms with Gasteiger partial charge in [-0.2, -0.15) is 0 Å². The standard InChI is InChI=1S/C29H26N4O2S/c34-36(35,29-9-3-7-25-20-31-16-14-27(25)29)33-18-17-30-15-4-5-22-10-12-23(13-11-22)26-19-24-6-1-2-8-28(24)32-21-26/h1-14,16,19-21,30,33H,15,17-18H2/b5-4+. The van der Waals surface area contributed by atoms with Gasteiger partial charge in [0.25, 0.3) is 0 Å². The SMILES string of the molecule is O=S(=O)(NCCNC/C=C/c1ccc(-c2cnc3ccccc3c2)cc1)c1cccc2cnccc12. The van der Waals surface area contributed by atoms with E-state index in [2.05, 4.69) is 56.4 Å². The quantitative estimate of drug-likeness (QED) is 0.281. The van der Waals surface area contributed by atoms with Crippen molar-refractivity contribution in [2.45, 2.75) is 4.90 Å².